The maximum atomic E-state index is 11.9. The van der Waals surface area contributed by atoms with Crippen molar-refractivity contribution in [3.63, 3.8) is 0 Å². The van der Waals surface area contributed by atoms with Crippen LogP contribution in [0.2, 0.25) is 0 Å². The quantitative estimate of drug-likeness (QED) is 0.758. The number of aryl methyl sites for hydroxylation is 1. The lowest BCUT2D eigenvalue weighted by molar-refractivity contribution is -0.142. The van der Waals surface area contributed by atoms with E-state index in [-0.39, 0.29) is 23.9 Å². The Bertz CT molecular complexity index is 764. The van der Waals surface area contributed by atoms with Gasteiger partial charge in [0.05, 0.1) is 13.7 Å². The average Bonchev–Trinajstić information content (AvgIpc) is 2.91. The van der Waals surface area contributed by atoms with E-state index in [1.165, 1.54) is 11.7 Å². The molecule has 0 aliphatic heterocycles. The zero-order valence-corrected chi connectivity index (χ0v) is 14.2. The summed E-state index contributed by atoms with van der Waals surface area (Å²) in [5, 5.41) is 4.23. The highest BCUT2D eigenvalue weighted by atomic mass is 32.1. The molecular formula is C16H18N2O5S. The third-order valence-corrected chi connectivity index (χ3v) is 4.18. The van der Waals surface area contributed by atoms with Crippen molar-refractivity contribution in [1.82, 2.24) is 9.88 Å². The van der Waals surface area contributed by atoms with Crippen molar-refractivity contribution in [3.8, 4) is 5.75 Å². The summed E-state index contributed by atoms with van der Waals surface area (Å²) in [4.78, 5) is 35.0. The van der Waals surface area contributed by atoms with Crippen molar-refractivity contribution in [2.24, 2.45) is 0 Å². The molecule has 7 nitrogen and oxygen atoms in total. The molecule has 1 aromatic carbocycles. The van der Waals surface area contributed by atoms with E-state index in [1.54, 1.807) is 29.6 Å². The smallest absolute Gasteiger partial charge is 0.325 e. The Kier molecular flexibility index (Phi) is 6.14. The Morgan fingerprint density at radius 3 is 2.54 bits per heavy atom. The number of thiazole rings is 1. The van der Waals surface area contributed by atoms with Gasteiger partial charge < -0.3 is 14.8 Å². The van der Waals surface area contributed by atoms with Crippen LogP contribution in [0.4, 0.5) is 0 Å². The first-order valence-electron chi connectivity index (χ1n) is 7.24. The third-order valence-electron chi connectivity index (χ3n) is 3.30. The molecule has 0 spiro atoms. The number of ether oxygens (including phenoxy) is 2. The molecule has 8 heteroatoms. The maximum absolute atomic E-state index is 11.9. The first kappa shape index (κ1) is 17.7. The molecular weight excluding hydrogens is 332 g/mol. The van der Waals surface area contributed by atoms with Crippen LogP contribution in [-0.2, 0) is 16.1 Å². The van der Waals surface area contributed by atoms with Crippen LogP contribution in [0.15, 0.2) is 34.4 Å². The minimum Gasteiger partial charge on any atom is -0.497 e. The lowest BCUT2D eigenvalue weighted by Gasteiger charge is -2.08. The van der Waals surface area contributed by atoms with Crippen LogP contribution in [0.25, 0.3) is 0 Å². The monoisotopic (exact) mass is 350 g/mol. The molecule has 0 bridgehead atoms. The molecule has 1 heterocycles. The summed E-state index contributed by atoms with van der Waals surface area (Å²) >= 11 is 1.11. The van der Waals surface area contributed by atoms with Crippen molar-refractivity contribution in [3.05, 3.63) is 50.6 Å². The molecule has 0 saturated heterocycles. The van der Waals surface area contributed by atoms with Crippen LogP contribution < -0.4 is 14.9 Å². The molecule has 24 heavy (non-hydrogen) atoms. The summed E-state index contributed by atoms with van der Waals surface area (Å²) in [5.74, 6) is -0.290. The fourth-order valence-corrected chi connectivity index (χ4v) is 2.73. The minimum absolute atomic E-state index is 0.0781. The standard InChI is InChI=1S/C16H18N2O5S/c1-11-10-24-16(21)18(11)7-8-23-14(19)9-17-15(20)12-3-5-13(22-2)6-4-12/h3-6,10H,7-9H2,1-2H3,(H,17,20). The summed E-state index contributed by atoms with van der Waals surface area (Å²) in [6.07, 6.45) is 0. The predicted molar refractivity (Wildman–Crippen MR) is 89.6 cm³/mol. The number of hydrogen-bond acceptors (Lipinski definition) is 6. The molecule has 2 rings (SSSR count). The van der Waals surface area contributed by atoms with Gasteiger partial charge in [-0.05, 0) is 31.2 Å². The fraction of sp³-hybridized carbons (Fsp3) is 0.312. The van der Waals surface area contributed by atoms with Crippen molar-refractivity contribution in [2.45, 2.75) is 13.5 Å². The lowest BCUT2D eigenvalue weighted by atomic mass is 10.2. The Balaban J connectivity index is 1.74. The molecule has 0 fully saturated rings. The van der Waals surface area contributed by atoms with Gasteiger partial charge in [-0.3, -0.25) is 19.0 Å². The minimum atomic E-state index is -0.558. The van der Waals surface area contributed by atoms with Crippen LogP contribution in [-0.4, -0.2) is 36.7 Å². The number of carbonyl (C=O) groups excluding carboxylic acids is 2. The fourth-order valence-electron chi connectivity index (χ4n) is 1.97. The molecule has 128 valence electrons. The Labute approximate surface area is 142 Å². The lowest BCUT2D eigenvalue weighted by Crippen LogP contribution is -2.31. The largest absolute Gasteiger partial charge is 0.497 e. The van der Waals surface area contributed by atoms with Crippen LogP contribution in [0.3, 0.4) is 0 Å². The number of methoxy groups -OCH3 is 1. The summed E-state index contributed by atoms with van der Waals surface area (Å²) in [6.45, 7) is 1.96. The van der Waals surface area contributed by atoms with E-state index in [0.717, 1.165) is 17.0 Å². The second-order valence-electron chi connectivity index (χ2n) is 4.93. The van der Waals surface area contributed by atoms with Crippen LogP contribution >= 0.6 is 11.3 Å². The molecule has 0 atom stereocenters. The topological polar surface area (TPSA) is 86.6 Å². The Morgan fingerprint density at radius 1 is 1.25 bits per heavy atom. The number of benzene rings is 1. The molecule has 0 aliphatic carbocycles. The van der Waals surface area contributed by atoms with Crippen molar-refractivity contribution >= 4 is 23.2 Å². The molecule has 0 radical (unpaired) electrons. The number of nitrogens with one attached hydrogen (secondary N) is 1. The van der Waals surface area contributed by atoms with E-state index in [1.807, 2.05) is 6.92 Å². The number of amides is 1. The van der Waals surface area contributed by atoms with Crippen molar-refractivity contribution in [1.29, 1.82) is 0 Å². The zero-order valence-electron chi connectivity index (χ0n) is 13.4. The Morgan fingerprint density at radius 2 is 1.96 bits per heavy atom. The van der Waals surface area contributed by atoms with E-state index in [0.29, 0.717) is 17.9 Å². The van der Waals surface area contributed by atoms with E-state index < -0.39 is 5.97 Å². The van der Waals surface area contributed by atoms with E-state index in [2.05, 4.69) is 5.32 Å². The number of esters is 1. The van der Waals surface area contributed by atoms with Gasteiger partial charge in [-0.15, -0.1) is 0 Å². The highest BCUT2D eigenvalue weighted by molar-refractivity contribution is 7.07. The van der Waals surface area contributed by atoms with E-state index >= 15 is 0 Å². The summed E-state index contributed by atoms with van der Waals surface area (Å²) in [5.41, 5.74) is 1.25. The van der Waals surface area contributed by atoms with Crippen molar-refractivity contribution in [2.75, 3.05) is 20.3 Å². The van der Waals surface area contributed by atoms with E-state index in [4.69, 9.17) is 9.47 Å². The molecule has 0 saturated carbocycles. The number of hydrogen-bond donors (Lipinski definition) is 1. The number of carbonyl (C=O) groups is 2. The first-order chi connectivity index (χ1) is 11.5. The normalized spacial score (nSPS) is 10.2. The number of nitrogens with zero attached hydrogens (tertiary/aromatic N) is 1. The maximum Gasteiger partial charge on any atom is 0.325 e. The van der Waals surface area contributed by atoms with Crippen LogP contribution in [0, 0.1) is 6.92 Å². The van der Waals surface area contributed by atoms with Gasteiger partial charge in [0.15, 0.2) is 0 Å². The van der Waals surface area contributed by atoms with Crippen LogP contribution in [0.1, 0.15) is 16.1 Å². The van der Waals surface area contributed by atoms with Gasteiger partial charge in [-0.2, -0.15) is 0 Å². The van der Waals surface area contributed by atoms with Gasteiger partial charge in [0.25, 0.3) is 5.91 Å². The van der Waals surface area contributed by atoms with Gasteiger partial charge in [0.1, 0.15) is 18.9 Å². The van der Waals surface area contributed by atoms with Crippen molar-refractivity contribution < 1.29 is 19.1 Å². The molecule has 1 aromatic heterocycles. The second kappa shape index (κ2) is 8.30. The average molecular weight is 350 g/mol. The summed E-state index contributed by atoms with van der Waals surface area (Å²) in [7, 11) is 1.54. The van der Waals surface area contributed by atoms with Gasteiger partial charge in [-0.25, -0.2) is 0 Å². The summed E-state index contributed by atoms with van der Waals surface area (Å²) in [6, 6.07) is 6.53. The predicted octanol–water partition coefficient (Wildman–Crippen LogP) is 1.20. The molecule has 0 aliphatic rings. The first-order valence-corrected chi connectivity index (χ1v) is 8.12. The zero-order chi connectivity index (χ0) is 17.5. The molecule has 1 N–H and O–H groups in total. The SMILES string of the molecule is COc1ccc(C(=O)NCC(=O)OCCn2c(C)csc2=O)cc1. The highest BCUT2D eigenvalue weighted by Gasteiger charge is 2.10. The van der Waals surface area contributed by atoms with E-state index in [9.17, 15) is 14.4 Å². The van der Waals surface area contributed by atoms with Crippen LogP contribution in [0.5, 0.6) is 5.75 Å². The second-order valence-corrected chi connectivity index (χ2v) is 5.75. The number of aromatic nitrogens is 1. The molecule has 1 amide bonds. The molecule has 0 unspecified atom stereocenters. The highest BCUT2D eigenvalue weighted by Crippen LogP contribution is 2.10. The summed E-state index contributed by atoms with van der Waals surface area (Å²) < 4.78 is 11.6. The van der Waals surface area contributed by atoms with Gasteiger partial charge in [0, 0.05) is 16.6 Å². The third kappa shape index (κ3) is 4.69. The Hall–Kier alpha value is -2.61. The molecule has 2 aromatic rings. The van der Waals surface area contributed by atoms with Gasteiger partial charge in [-0.1, -0.05) is 11.3 Å². The number of rotatable bonds is 7. The van der Waals surface area contributed by atoms with Gasteiger partial charge in [0.2, 0.25) is 0 Å². The van der Waals surface area contributed by atoms with Gasteiger partial charge >= 0.3 is 10.8 Å².